The van der Waals surface area contributed by atoms with Gasteiger partial charge in [-0.25, -0.2) is 0 Å². The molecule has 0 unspecified atom stereocenters. The highest BCUT2D eigenvalue weighted by Gasteiger charge is 2.15. The second-order valence-corrected chi connectivity index (χ2v) is 9.78. The summed E-state index contributed by atoms with van der Waals surface area (Å²) < 4.78 is 0. The second kappa shape index (κ2) is 8.26. The van der Waals surface area contributed by atoms with E-state index in [1.807, 2.05) is 11.8 Å². The number of aryl methyl sites for hydroxylation is 1. The molecule has 0 aromatic heterocycles. The number of hydrogen-bond donors (Lipinski definition) is 1. The molecule has 0 aliphatic carbocycles. The van der Waals surface area contributed by atoms with Crippen LogP contribution < -0.4 is 5.19 Å². The normalized spacial score (nSPS) is 11.5. The molecule has 0 aliphatic heterocycles. The summed E-state index contributed by atoms with van der Waals surface area (Å²) >= 11 is 1.90. The predicted molar refractivity (Wildman–Crippen MR) is 108 cm³/mol. The minimum Gasteiger partial charge on any atom is -0.507 e. The maximum atomic E-state index is 10.5. The predicted octanol–water partition coefficient (Wildman–Crippen LogP) is 5.34. The van der Waals surface area contributed by atoms with E-state index in [1.54, 1.807) is 0 Å². The molecule has 2 aromatic rings. The van der Waals surface area contributed by atoms with Crippen LogP contribution in [0.1, 0.15) is 61.8 Å². The van der Waals surface area contributed by atoms with E-state index in [9.17, 15) is 5.11 Å². The third kappa shape index (κ3) is 4.45. The molecular weight excluding hydrogens is 328 g/mol. The summed E-state index contributed by atoms with van der Waals surface area (Å²) in [5.74, 6) is 1.16. The molecule has 1 nitrogen and oxygen atoms in total. The summed E-state index contributed by atoms with van der Waals surface area (Å²) in [6.07, 6.45) is 0. The Hall–Kier alpha value is -1.19. The van der Waals surface area contributed by atoms with Gasteiger partial charge in [-0.2, -0.15) is 0 Å². The molecule has 0 fully saturated rings. The molecule has 0 atom stereocenters. The van der Waals surface area contributed by atoms with E-state index in [-0.39, 0.29) is 0 Å². The second-order valence-electron chi connectivity index (χ2n) is 6.97. The summed E-state index contributed by atoms with van der Waals surface area (Å²) in [6, 6.07) is 10.9. The first-order chi connectivity index (χ1) is 11.3. The van der Waals surface area contributed by atoms with E-state index in [2.05, 4.69) is 71.9 Å². The summed E-state index contributed by atoms with van der Waals surface area (Å²) in [6.45, 7) is 13.0. The van der Waals surface area contributed by atoms with Crippen LogP contribution in [0.15, 0.2) is 35.2 Å². The zero-order valence-corrected chi connectivity index (χ0v) is 17.4. The van der Waals surface area contributed by atoms with Crippen molar-refractivity contribution in [2.24, 2.45) is 0 Å². The fourth-order valence-corrected chi connectivity index (χ4v) is 5.43. The molecule has 2 aromatic carbocycles. The number of thioether (sulfide) groups is 1. The van der Waals surface area contributed by atoms with E-state index in [0.29, 0.717) is 17.6 Å². The quantitative estimate of drug-likeness (QED) is 0.557. The lowest BCUT2D eigenvalue weighted by molar-refractivity contribution is 0.453. The lowest BCUT2D eigenvalue weighted by atomic mass is 9.94. The van der Waals surface area contributed by atoms with E-state index >= 15 is 0 Å². The van der Waals surface area contributed by atoms with Crippen LogP contribution in [0.4, 0.5) is 0 Å². The number of phenols is 1. The van der Waals surface area contributed by atoms with Gasteiger partial charge in [0.25, 0.3) is 0 Å². The highest BCUT2D eigenvalue weighted by Crippen LogP contribution is 2.37. The van der Waals surface area contributed by atoms with Gasteiger partial charge in [0.2, 0.25) is 0 Å². The van der Waals surface area contributed by atoms with Gasteiger partial charge in [-0.3, -0.25) is 0 Å². The van der Waals surface area contributed by atoms with Gasteiger partial charge in [0, 0.05) is 4.90 Å². The third-order valence-corrected chi connectivity index (χ3v) is 7.14. The lowest BCUT2D eigenvalue weighted by Crippen LogP contribution is -2.20. The van der Waals surface area contributed by atoms with Crippen LogP contribution in [-0.2, 0) is 0 Å². The molecule has 0 heterocycles. The van der Waals surface area contributed by atoms with E-state index in [4.69, 9.17) is 0 Å². The molecule has 0 spiro atoms. The Bertz CT molecular complexity index is 678. The fourth-order valence-electron chi connectivity index (χ4n) is 2.75. The smallest absolute Gasteiger partial charge is 0.122 e. The van der Waals surface area contributed by atoms with Gasteiger partial charge in [-0.1, -0.05) is 51.1 Å². The van der Waals surface area contributed by atoms with Crippen molar-refractivity contribution in [3.63, 3.8) is 0 Å². The molecule has 0 saturated heterocycles. The first kappa shape index (κ1) is 19.1. The van der Waals surface area contributed by atoms with Crippen LogP contribution >= 0.6 is 11.8 Å². The van der Waals surface area contributed by atoms with E-state index in [0.717, 1.165) is 26.0 Å². The van der Waals surface area contributed by atoms with Crippen molar-refractivity contribution in [2.75, 3.05) is 5.38 Å². The molecule has 2 radical (unpaired) electrons. The van der Waals surface area contributed by atoms with Crippen molar-refractivity contribution >= 4 is 26.5 Å². The average Bonchev–Trinajstić information content (AvgIpc) is 2.52. The molecule has 3 heteroatoms. The Kier molecular flexibility index (Phi) is 6.59. The monoisotopic (exact) mass is 356 g/mol. The first-order valence-corrected chi connectivity index (χ1v) is 10.8. The van der Waals surface area contributed by atoms with Crippen molar-refractivity contribution in [3.8, 4) is 5.75 Å². The molecule has 1 N–H and O–H groups in total. The summed E-state index contributed by atoms with van der Waals surface area (Å²) in [5, 5.41) is 13.1. The third-order valence-electron chi connectivity index (χ3n) is 4.49. The number of benzene rings is 2. The summed E-state index contributed by atoms with van der Waals surface area (Å²) in [7, 11) is 0.806. The molecule has 2 rings (SSSR count). The van der Waals surface area contributed by atoms with Crippen molar-refractivity contribution in [2.45, 2.75) is 58.3 Å². The van der Waals surface area contributed by atoms with Crippen molar-refractivity contribution < 1.29 is 5.11 Å². The standard InChI is InChI=1S/C21H28OSSi/c1-13(2)18-10-17(11-19(14(3)4)21(18)22)23-12-24-20-9-7-8-15(5)16(20)6/h7-11,13-14,22H,12H2,1-6H3. The Labute approximate surface area is 153 Å². The number of phenolic OH excluding ortho intramolecular Hbond substituents is 1. The first-order valence-electron chi connectivity index (χ1n) is 8.61. The molecule has 128 valence electrons. The van der Waals surface area contributed by atoms with Crippen LogP contribution in [0, 0.1) is 13.8 Å². The van der Waals surface area contributed by atoms with E-state index < -0.39 is 0 Å². The average molecular weight is 357 g/mol. The molecule has 0 bridgehead atoms. The van der Waals surface area contributed by atoms with Gasteiger partial charge < -0.3 is 5.11 Å². The zero-order chi connectivity index (χ0) is 17.9. The maximum absolute atomic E-state index is 10.5. The van der Waals surface area contributed by atoms with Crippen LogP contribution in [0.5, 0.6) is 5.75 Å². The Morgan fingerprint density at radius 3 is 2.12 bits per heavy atom. The van der Waals surface area contributed by atoms with Gasteiger partial charge in [-0.05, 0) is 65.4 Å². The van der Waals surface area contributed by atoms with Gasteiger partial charge >= 0.3 is 0 Å². The highest BCUT2D eigenvalue weighted by molar-refractivity contribution is 8.00. The summed E-state index contributed by atoms with van der Waals surface area (Å²) in [5.41, 5.74) is 4.93. The highest BCUT2D eigenvalue weighted by atomic mass is 32.2. The van der Waals surface area contributed by atoms with Gasteiger partial charge in [0.05, 0.1) is 9.52 Å². The minimum atomic E-state index is 0.338. The molecule has 24 heavy (non-hydrogen) atoms. The van der Waals surface area contributed by atoms with Crippen LogP contribution in [0.3, 0.4) is 0 Å². The molecular formula is C21H28OSSi. The molecule has 0 saturated carbocycles. The van der Waals surface area contributed by atoms with Crippen LogP contribution in [0.25, 0.3) is 0 Å². The van der Waals surface area contributed by atoms with Crippen LogP contribution in [0.2, 0.25) is 0 Å². The zero-order valence-electron chi connectivity index (χ0n) is 15.6. The number of aromatic hydroxyl groups is 1. The maximum Gasteiger partial charge on any atom is 0.122 e. The van der Waals surface area contributed by atoms with Crippen molar-refractivity contribution in [3.05, 3.63) is 52.6 Å². The number of hydrogen-bond acceptors (Lipinski definition) is 2. The van der Waals surface area contributed by atoms with Crippen molar-refractivity contribution in [1.29, 1.82) is 0 Å². The topological polar surface area (TPSA) is 20.2 Å². The van der Waals surface area contributed by atoms with Crippen molar-refractivity contribution in [1.82, 2.24) is 0 Å². The van der Waals surface area contributed by atoms with Crippen LogP contribution in [-0.4, -0.2) is 20.0 Å². The van der Waals surface area contributed by atoms with E-state index in [1.165, 1.54) is 21.2 Å². The fraction of sp³-hybridized carbons (Fsp3) is 0.429. The lowest BCUT2D eigenvalue weighted by Gasteiger charge is -2.17. The summed E-state index contributed by atoms with van der Waals surface area (Å²) in [4.78, 5) is 1.28. The SMILES string of the molecule is Cc1cccc([Si]CSc2cc(C(C)C)c(O)c(C(C)C)c2)c1C. The van der Waals surface area contributed by atoms with Gasteiger partial charge in [-0.15, -0.1) is 11.8 Å². The Morgan fingerprint density at radius 1 is 1.00 bits per heavy atom. The van der Waals surface area contributed by atoms with Gasteiger partial charge in [0.1, 0.15) is 5.75 Å². The largest absolute Gasteiger partial charge is 0.507 e. The number of rotatable bonds is 6. The minimum absolute atomic E-state index is 0.338. The Balaban J connectivity index is 2.16. The molecule has 0 amide bonds. The molecule has 0 aliphatic rings. The van der Waals surface area contributed by atoms with Gasteiger partial charge in [0.15, 0.2) is 0 Å². The Morgan fingerprint density at radius 2 is 1.58 bits per heavy atom.